The predicted molar refractivity (Wildman–Crippen MR) is 97.4 cm³/mol. The fourth-order valence-corrected chi connectivity index (χ4v) is 3.58. The monoisotopic (exact) mass is 358 g/mol. The Morgan fingerprint density at radius 2 is 2.08 bits per heavy atom. The number of rotatable bonds is 5. The van der Waals surface area contributed by atoms with Crippen LogP contribution in [0.1, 0.15) is 45.7 Å². The van der Waals surface area contributed by atoms with Gasteiger partial charge in [-0.05, 0) is 37.3 Å². The standard InChI is InChI=1S/C20H26N2O4/c1-12-7-6-9-16(13(12)2)21-20(24)14(3)25-19(23)11-17-15-8-4-5-10-18(15)26-22-17/h4-5,8,10,12-14,16H,6-7,9,11H2,1-3H3,(H,21,24)/t12-,13-,14-,16-/m1/s1. The average Bonchev–Trinajstić information content (AvgIpc) is 3.02. The second kappa shape index (κ2) is 7.89. The first kappa shape index (κ1) is 18.4. The summed E-state index contributed by atoms with van der Waals surface area (Å²) in [5.41, 5.74) is 1.15. The summed E-state index contributed by atoms with van der Waals surface area (Å²) in [6, 6.07) is 7.48. The second-order valence-electron chi connectivity index (χ2n) is 7.32. The van der Waals surface area contributed by atoms with Crippen molar-refractivity contribution in [3.63, 3.8) is 0 Å². The van der Waals surface area contributed by atoms with Crippen LogP contribution in [0.2, 0.25) is 0 Å². The molecule has 0 bridgehead atoms. The fourth-order valence-electron chi connectivity index (χ4n) is 3.58. The normalized spacial score (nSPS) is 24.2. The third-order valence-corrected chi connectivity index (χ3v) is 5.48. The molecule has 2 aromatic rings. The van der Waals surface area contributed by atoms with E-state index in [1.54, 1.807) is 13.0 Å². The van der Waals surface area contributed by atoms with E-state index in [2.05, 4.69) is 24.3 Å². The maximum absolute atomic E-state index is 12.4. The lowest BCUT2D eigenvalue weighted by molar-refractivity contribution is -0.154. The molecule has 1 aliphatic carbocycles. The number of carbonyl (C=O) groups is 2. The van der Waals surface area contributed by atoms with E-state index in [1.165, 1.54) is 6.42 Å². The van der Waals surface area contributed by atoms with Crippen LogP contribution in [0.25, 0.3) is 11.0 Å². The van der Waals surface area contributed by atoms with Crippen molar-refractivity contribution in [2.45, 2.75) is 58.6 Å². The van der Waals surface area contributed by atoms with Crippen LogP contribution in [0.3, 0.4) is 0 Å². The molecule has 0 saturated heterocycles. The maximum Gasteiger partial charge on any atom is 0.312 e. The zero-order valence-electron chi connectivity index (χ0n) is 15.5. The van der Waals surface area contributed by atoms with Gasteiger partial charge in [0.1, 0.15) is 5.69 Å². The molecule has 26 heavy (non-hydrogen) atoms. The molecule has 140 valence electrons. The van der Waals surface area contributed by atoms with Crippen LogP contribution in [-0.2, 0) is 20.7 Å². The predicted octanol–water partition coefficient (Wildman–Crippen LogP) is 3.24. The molecule has 0 aliphatic heterocycles. The van der Waals surface area contributed by atoms with Crippen LogP contribution in [0.5, 0.6) is 0 Å². The van der Waals surface area contributed by atoms with Gasteiger partial charge in [0.25, 0.3) is 5.91 Å². The summed E-state index contributed by atoms with van der Waals surface area (Å²) in [5.74, 6) is 0.288. The highest BCUT2D eigenvalue weighted by Crippen LogP contribution is 2.29. The molecule has 1 amide bonds. The molecular weight excluding hydrogens is 332 g/mol. The van der Waals surface area contributed by atoms with Gasteiger partial charge in [-0.25, -0.2) is 0 Å². The minimum atomic E-state index is -0.829. The lowest BCUT2D eigenvalue weighted by Crippen LogP contribution is -2.47. The van der Waals surface area contributed by atoms with Gasteiger partial charge < -0.3 is 14.6 Å². The smallest absolute Gasteiger partial charge is 0.312 e. The zero-order chi connectivity index (χ0) is 18.7. The number of carbonyl (C=O) groups excluding carboxylic acids is 2. The first-order chi connectivity index (χ1) is 12.5. The molecule has 0 unspecified atom stereocenters. The summed E-state index contributed by atoms with van der Waals surface area (Å²) in [7, 11) is 0. The summed E-state index contributed by atoms with van der Waals surface area (Å²) < 4.78 is 10.5. The van der Waals surface area contributed by atoms with E-state index in [4.69, 9.17) is 9.26 Å². The van der Waals surface area contributed by atoms with Crippen LogP contribution in [0.15, 0.2) is 28.8 Å². The van der Waals surface area contributed by atoms with Gasteiger partial charge in [-0.15, -0.1) is 0 Å². The van der Waals surface area contributed by atoms with Gasteiger partial charge in [0, 0.05) is 11.4 Å². The van der Waals surface area contributed by atoms with Crippen molar-refractivity contribution >= 4 is 22.8 Å². The highest BCUT2D eigenvalue weighted by atomic mass is 16.5. The molecule has 4 atom stereocenters. The third-order valence-electron chi connectivity index (χ3n) is 5.48. The third kappa shape index (κ3) is 4.06. The van der Waals surface area contributed by atoms with Crippen molar-refractivity contribution in [2.24, 2.45) is 11.8 Å². The number of esters is 1. The van der Waals surface area contributed by atoms with E-state index in [1.807, 2.05) is 18.2 Å². The average molecular weight is 358 g/mol. The van der Waals surface area contributed by atoms with Gasteiger partial charge in [-0.2, -0.15) is 0 Å². The minimum Gasteiger partial charge on any atom is -0.452 e. The number of ether oxygens (including phenoxy) is 1. The lowest BCUT2D eigenvalue weighted by Gasteiger charge is -2.35. The Balaban J connectivity index is 1.54. The summed E-state index contributed by atoms with van der Waals surface area (Å²) in [6.45, 7) is 5.99. The number of nitrogens with one attached hydrogen (secondary N) is 1. The molecule has 6 heteroatoms. The number of hydrogen-bond donors (Lipinski definition) is 1. The van der Waals surface area contributed by atoms with Crippen LogP contribution in [0.4, 0.5) is 0 Å². The zero-order valence-corrected chi connectivity index (χ0v) is 15.5. The van der Waals surface area contributed by atoms with Crippen molar-refractivity contribution in [1.29, 1.82) is 0 Å². The molecule has 3 rings (SSSR count). The number of benzene rings is 1. The number of fused-ring (bicyclic) bond motifs is 1. The molecule has 1 fully saturated rings. The van der Waals surface area contributed by atoms with E-state index < -0.39 is 12.1 Å². The Kier molecular flexibility index (Phi) is 5.59. The molecule has 1 saturated carbocycles. The van der Waals surface area contributed by atoms with E-state index in [0.29, 0.717) is 23.1 Å². The molecule has 1 aromatic carbocycles. The van der Waals surface area contributed by atoms with Gasteiger partial charge in [-0.3, -0.25) is 9.59 Å². The fraction of sp³-hybridized carbons (Fsp3) is 0.550. The number of hydrogen-bond acceptors (Lipinski definition) is 5. The molecule has 6 nitrogen and oxygen atoms in total. The summed E-state index contributed by atoms with van der Waals surface area (Å²) in [4.78, 5) is 24.6. The Labute approximate surface area is 153 Å². The first-order valence-electron chi connectivity index (χ1n) is 9.29. The highest BCUT2D eigenvalue weighted by molar-refractivity contribution is 5.86. The van der Waals surface area contributed by atoms with Crippen LogP contribution in [0, 0.1) is 11.8 Å². The lowest BCUT2D eigenvalue weighted by atomic mass is 9.78. The Morgan fingerprint density at radius 3 is 2.88 bits per heavy atom. The number of para-hydroxylation sites is 1. The van der Waals surface area contributed by atoms with Gasteiger partial charge in [0.2, 0.25) is 0 Å². The van der Waals surface area contributed by atoms with E-state index >= 15 is 0 Å². The minimum absolute atomic E-state index is 0.0223. The molecular formula is C20H26N2O4. The maximum atomic E-state index is 12.4. The number of amides is 1. The van der Waals surface area contributed by atoms with Gasteiger partial charge in [0.15, 0.2) is 11.7 Å². The molecule has 0 radical (unpaired) electrons. The molecule has 1 heterocycles. The van der Waals surface area contributed by atoms with E-state index in [-0.39, 0.29) is 18.4 Å². The van der Waals surface area contributed by atoms with E-state index in [0.717, 1.165) is 18.2 Å². The second-order valence-corrected chi connectivity index (χ2v) is 7.32. The summed E-state index contributed by atoms with van der Waals surface area (Å²) in [5, 5.41) is 7.75. The summed E-state index contributed by atoms with van der Waals surface area (Å²) in [6.07, 6.45) is 2.44. The number of aromatic nitrogens is 1. The Morgan fingerprint density at radius 1 is 1.31 bits per heavy atom. The largest absolute Gasteiger partial charge is 0.452 e. The molecule has 0 spiro atoms. The Bertz CT molecular complexity index is 785. The first-order valence-corrected chi connectivity index (χ1v) is 9.29. The van der Waals surface area contributed by atoms with Gasteiger partial charge in [-0.1, -0.05) is 44.0 Å². The van der Waals surface area contributed by atoms with E-state index in [9.17, 15) is 9.59 Å². The van der Waals surface area contributed by atoms with Crippen LogP contribution < -0.4 is 5.32 Å². The van der Waals surface area contributed by atoms with Crippen molar-refractivity contribution < 1.29 is 18.8 Å². The van der Waals surface area contributed by atoms with Crippen molar-refractivity contribution in [2.75, 3.05) is 0 Å². The molecule has 1 N–H and O–H groups in total. The van der Waals surface area contributed by atoms with Gasteiger partial charge in [0.05, 0.1) is 6.42 Å². The number of nitrogens with zero attached hydrogens (tertiary/aromatic N) is 1. The SMILES string of the molecule is C[C@@H]1[C@H](C)CCC[C@H]1NC(=O)[C@@H](C)OC(=O)Cc1noc2ccccc12. The topological polar surface area (TPSA) is 81.4 Å². The Hall–Kier alpha value is -2.37. The summed E-state index contributed by atoms with van der Waals surface area (Å²) >= 11 is 0. The molecule has 1 aliphatic rings. The van der Waals surface area contributed by atoms with Crippen LogP contribution >= 0.6 is 0 Å². The highest BCUT2D eigenvalue weighted by Gasteiger charge is 2.30. The van der Waals surface area contributed by atoms with Crippen molar-refractivity contribution in [1.82, 2.24) is 10.5 Å². The quantitative estimate of drug-likeness (QED) is 0.830. The van der Waals surface area contributed by atoms with Gasteiger partial charge >= 0.3 is 5.97 Å². The van der Waals surface area contributed by atoms with Crippen LogP contribution in [-0.4, -0.2) is 29.2 Å². The van der Waals surface area contributed by atoms with Crippen molar-refractivity contribution in [3.8, 4) is 0 Å². The van der Waals surface area contributed by atoms with Crippen molar-refractivity contribution in [3.05, 3.63) is 30.0 Å². The molecule has 1 aromatic heterocycles.